The highest BCUT2D eigenvalue weighted by molar-refractivity contribution is 6.33. The van der Waals surface area contributed by atoms with Gasteiger partial charge in [0.2, 0.25) is 0 Å². The third-order valence-corrected chi connectivity index (χ3v) is 4.17. The van der Waals surface area contributed by atoms with Gasteiger partial charge in [-0.2, -0.15) is 0 Å². The second kappa shape index (κ2) is 7.41. The van der Waals surface area contributed by atoms with Crippen molar-refractivity contribution in [2.45, 2.75) is 13.0 Å². The zero-order valence-electron chi connectivity index (χ0n) is 13.8. The van der Waals surface area contributed by atoms with Gasteiger partial charge >= 0.3 is 0 Å². The van der Waals surface area contributed by atoms with Gasteiger partial charge in [0, 0.05) is 17.5 Å². The van der Waals surface area contributed by atoms with E-state index in [1.54, 1.807) is 13.0 Å². The van der Waals surface area contributed by atoms with E-state index < -0.39 is 16.9 Å². The number of fused-ring (bicyclic) bond motifs is 1. The standard InChI is InChI=1S/C19H15ClN2O4/c1-12(26-18-8-4-6-13-5-2-3-7-15(13)18)19(23)21-17-11-14(22(24)25)9-10-16(17)20/h2-12H,1H3,(H,21,23)/t12-/m0/s1. The number of nitrogens with one attached hydrogen (secondary N) is 1. The molecule has 0 aliphatic heterocycles. The maximum absolute atomic E-state index is 12.4. The zero-order chi connectivity index (χ0) is 18.7. The average molecular weight is 371 g/mol. The van der Waals surface area contributed by atoms with E-state index in [-0.39, 0.29) is 16.4 Å². The Hall–Kier alpha value is -3.12. The van der Waals surface area contributed by atoms with Crippen molar-refractivity contribution in [1.29, 1.82) is 0 Å². The molecule has 0 spiro atoms. The number of nitro benzene ring substituents is 1. The molecule has 1 N–H and O–H groups in total. The predicted octanol–water partition coefficient (Wildman–Crippen LogP) is 4.81. The largest absolute Gasteiger partial charge is 0.480 e. The number of hydrogen-bond donors (Lipinski definition) is 1. The smallest absolute Gasteiger partial charge is 0.271 e. The number of carbonyl (C=O) groups excluding carboxylic acids is 1. The van der Waals surface area contributed by atoms with E-state index in [0.29, 0.717) is 5.75 Å². The maximum Gasteiger partial charge on any atom is 0.271 e. The van der Waals surface area contributed by atoms with Gasteiger partial charge in [-0.15, -0.1) is 0 Å². The summed E-state index contributed by atoms with van der Waals surface area (Å²) in [5.41, 5.74) is 0.00608. The molecule has 0 aliphatic rings. The molecule has 3 aromatic carbocycles. The molecule has 1 atom stereocenters. The van der Waals surface area contributed by atoms with Gasteiger partial charge < -0.3 is 10.1 Å². The first-order chi connectivity index (χ1) is 12.5. The van der Waals surface area contributed by atoms with Gasteiger partial charge in [-0.1, -0.05) is 48.0 Å². The second-order valence-electron chi connectivity index (χ2n) is 5.65. The summed E-state index contributed by atoms with van der Waals surface area (Å²) in [7, 11) is 0. The summed E-state index contributed by atoms with van der Waals surface area (Å²) in [6.45, 7) is 1.60. The van der Waals surface area contributed by atoms with Crippen LogP contribution in [0.25, 0.3) is 10.8 Å². The van der Waals surface area contributed by atoms with Crippen molar-refractivity contribution >= 4 is 39.7 Å². The molecule has 26 heavy (non-hydrogen) atoms. The van der Waals surface area contributed by atoms with Crippen molar-refractivity contribution in [3.8, 4) is 5.75 Å². The minimum atomic E-state index is -0.823. The lowest BCUT2D eigenvalue weighted by molar-refractivity contribution is -0.384. The van der Waals surface area contributed by atoms with Crippen molar-refractivity contribution in [1.82, 2.24) is 0 Å². The third-order valence-electron chi connectivity index (χ3n) is 3.84. The molecule has 0 heterocycles. The Balaban J connectivity index is 1.78. The first-order valence-electron chi connectivity index (χ1n) is 7.85. The highest BCUT2D eigenvalue weighted by Crippen LogP contribution is 2.28. The molecule has 3 rings (SSSR count). The van der Waals surface area contributed by atoms with Gasteiger partial charge in [0.05, 0.1) is 15.6 Å². The van der Waals surface area contributed by atoms with Gasteiger partial charge in [-0.25, -0.2) is 0 Å². The van der Waals surface area contributed by atoms with Crippen molar-refractivity contribution in [2.75, 3.05) is 5.32 Å². The molecule has 6 nitrogen and oxygen atoms in total. The van der Waals surface area contributed by atoms with Crippen LogP contribution < -0.4 is 10.1 Å². The number of halogens is 1. The summed E-state index contributed by atoms with van der Waals surface area (Å²) in [4.78, 5) is 22.7. The molecule has 0 saturated carbocycles. The molecule has 0 radical (unpaired) electrons. The number of nitrogens with zero attached hydrogens (tertiary/aromatic N) is 1. The van der Waals surface area contributed by atoms with Crippen LogP contribution in [0.4, 0.5) is 11.4 Å². The number of rotatable bonds is 5. The van der Waals surface area contributed by atoms with Gasteiger partial charge in [0.15, 0.2) is 6.10 Å². The molecule has 7 heteroatoms. The average Bonchev–Trinajstić information content (AvgIpc) is 2.63. The number of benzene rings is 3. The molecular weight excluding hydrogens is 356 g/mol. The van der Waals surface area contributed by atoms with Crippen LogP contribution in [-0.2, 0) is 4.79 Å². The minimum Gasteiger partial charge on any atom is -0.480 e. The van der Waals surface area contributed by atoms with Crippen molar-refractivity contribution < 1.29 is 14.5 Å². The number of nitro groups is 1. The lowest BCUT2D eigenvalue weighted by atomic mass is 10.1. The van der Waals surface area contributed by atoms with E-state index in [1.807, 2.05) is 36.4 Å². The fraction of sp³-hybridized carbons (Fsp3) is 0.105. The minimum absolute atomic E-state index is 0.160. The van der Waals surface area contributed by atoms with Crippen molar-refractivity contribution in [2.24, 2.45) is 0 Å². The van der Waals surface area contributed by atoms with Gasteiger partial charge in [-0.3, -0.25) is 14.9 Å². The van der Waals surface area contributed by atoms with E-state index in [4.69, 9.17) is 16.3 Å². The molecule has 0 aliphatic carbocycles. The number of carbonyl (C=O) groups is 1. The molecule has 0 fully saturated rings. The Morgan fingerprint density at radius 1 is 1.15 bits per heavy atom. The number of amides is 1. The van der Waals surface area contributed by atoms with Crippen LogP contribution in [0.3, 0.4) is 0 Å². The normalized spacial score (nSPS) is 11.8. The Morgan fingerprint density at radius 2 is 1.88 bits per heavy atom. The Kier molecular flexibility index (Phi) is 5.04. The van der Waals surface area contributed by atoms with E-state index in [1.165, 1.54) is 18.2 Å². The highest BCUT2D eigenvalue weighted by atomic mass is 35.5. The highest BCUT2D eigenvalue weighted by Gasteiger charge is 2.18. The number of anilines is 1. The van der Waals surface area contributed by atoms with Crippen LogP contribution in [-0.4, -0.2) is 16.9 Å². The van der Waals surface area contributed by atoms with E-state index >= 15 is 0 Å². The van der Waals surface area contributed by atoms with Crippen molar-refractivity contribution in [3.63, 3.8) is 0 Å². The summed E-state index contributed by atoms with van der Waals surface area (Å²) < 4.78 is 5.79. The molecule has 0 saturated heterocycles. The quantitative estimate of drug-likeness (QED) is 0.516. The summed E-state index contributed by atoms with van der Waals surface area (Å²) in [5, 5.41) is 15.5. The van der Waals surface area contributed by atoms with E-state index in [2.05, 4.69) is 5.32 Å². The molecule has 0 unspecified atom stereocenters. The maximum atomic E-state index is 12.4. The van der Waals surface area contributed by atoms with Crippen LogP contribution in [0.15, 0.2) is 60.7 Å². The van der Waals surface area contributed by atoms with Crippen LogP contribution in [0, 0.1) is 10.1 Å². The van der Waals surface area contributed by atoms with Crippen LogP contribution in [0.1, 0.15) is 6.92 Å². The Morgan fingerprint density at radius 3 is 2.65 bits per heavy atom. The lowest BCUT2D eigenvalue weighted by Crippen LogP contribution is -2.30. The first-order valence-corrected chi connectivity index (χ1v) is 8.23. The molecule has 0 aromatic heterocycles. The van der Waals surface area contributed by atoms with Gasteiger partial charge in [0.25, 0.3) is 11.6 Å². The van der Waals surface area contributed by atoms with Crippen LogP contribution in [0.5, 0.6) is 5.75 Å². The van der Waals surface area contributed by atoms with Crippen LogP contribution >= 0.6 is 11.6 Å². The third kappa shape index (κ3) is 3.75. The number of hydrogen-bond acceptors (Lipinski definition) is 4. The summed E-state index contributed by atoms with van der Waals surface area (Å²) in [6, 6.07) is 17.1. The summed E-state index contributed by atoms with van der Waals surface area (Å²) in [5.74, 6) is 0.122. The summed E-state index contributed by atoms with van der Waals surface area (Å²) in [6.07, 6.45) is -0.823. The first kappa shape index (κ1) is 17.7. The molecule has 132 valence electrons. The molecular formula is C19H15ClN2O4. The van der Waals surface area contributed by atoms with E-state index in [0.717, 1.165) is 10.8 Å². The predicted molar refractivity (Wildman–Crippen MR) is 101 cm³/mol. The second-order valence-corrected chi connectivity index (χ2v) is 6.06. The van der Waals surface area contributed by atoms with E-state index in [9.17, 15) is 14.9 Å². The summed E-state index contributed by atoms with van der Waals surface area (Å²) >= 11 is 6.01. The lowest BCUT2D eigenvalue weighted by Gasteiger charge is -2.16. The SMILES string of the molecule is C[C@H](Oc1cccc2ccccc12)C(=O)Nc1cc([N+](=O)[O-])ccc1Cl. The topological polar surface area (TPSA) is 81.5 Å². The number of ether oxygens (including phenoxy) is 1. The Bertz CT molecular complexity index is 985. The Labute approximate surface area is 154 Å². The van der Waals surface area contributed by atoms with Crippen molar-refractivity contribution in [3.05, 3.63) is 75.8 Å². The van der Waals surface area contributed by atoms with Gasteiger partial charge in [0.1, 0.15) is 5.75 Å². The zero-order valence-corrected chi connectivity index (χ0v) is 14.6. The monoisotopic (exact) mass is 370 g/mol. The molecule has 1 amide bonds. The van der Waals surface area contributed by atoms with Crippen LogP contribution in [0.2, 0.25) is 5.02 Å². The van der Waals surface area contributed by atoms with Gasteiger partial charge in [-0.05, 0) is 24.4 Å². The fourth-order valence-electron chi connectivity index (χ4n) is 2.50. The molecule has 3 aromatic rings. The molecule has 0 bridgehead atoms. The fourth-order valence-corrected chi connectivity index (χ4v) is 2.66. The number of non-ortho nitro benzene ring substituents is 1.